The van der Waals surface area contributed by atoms with Crippen molar-refractivity contribution in [2.24, 2.45) is 5.73 Å². The Labute approximate surface area is 142 Å². The number of oxazole rings is 1. The van der Waals surface area contributed by atoms with Crippen LogP contribution < -0.4 is 15.2 Å². The minimum atomic E-state index is -0.566. The van der Waals surface area contributed by atoms with Crippen LogP contribution in [0.15, 0.2) is 40.1 Å². The summed E-state index contributed by atoms with van der Waals surface area (Å²) in [6, 6.07) is 8.72. The first-order valence-corrected chi connectivity index (χ1v) is 8.07. The number of benzene rings is 1. The van der Waals surface area contributed by atoms with E-state index in [1.165, 1.54) is 7.11 Å². The molecular formula is C17H16N2O4S. The number of nitrogens with two attached hydrogens (primary N) is 1. The van der Waals surface area contributed by atoms with Crippen LogP contribution in [0.25, 0.3) is 10.8 Å². The third-order valence-corrected chi connectivity index (χ3v) is 4.30. The molecule has 0 bridgehead atoms. The van der Waals surface area contributed by atoms with Gasteiger partial charge >= 0.3 is 0 Å². The van der Waals surface area contributed by atoms with E-state index in [9.17, 15) is 4.79 Å². The Bertz CT molecular complexity index is 856. The van der Waals surface area contributed by atoms with Gasteiger partial charge in [-0.2, -0.15) is 0 Å². The summed E-state index contributed by atoms with van der Waals surface area (Å²) in [7, 11) is 1.54. The molecule has 0 unspecified atom stereocenters. The first-order valence-electron chi connectivity index (χ1n) is 7.19. The largest absolute Gasteiger partial charge is 0.497 e. The van der Waals surface area contributed by atoms with Crippen molar-refractivity contribution in [2.45, 2.75) is 13.5 Å². The first-order chi connectivity index (χ1) is 11.6. The molecule has 3 aromatic rings. The Kier molecular flexibility index (Phi) is 4.52. The minimum Gasteiger partial charge on any atom is -0.497 e. The molecule has 3 rings (SSSR count). The summed E-state index contributed by atoms with van der Waals surface area (Å²) in [6.45, 7) is 1.98. The maximum Gasteiger partial charge on any atom is 0.252 e. The zero-order valence-corrected chi connectivity index (χ0v) is 14.1. The number of amides is 1. The molecule has 7 heteroatoms. The number of primary amides is 1. The molecule has 0 atom stereocenters. The van der Waals surface area contributed by atoms with Crippen LogP contribution in [0.1, 0.15) is 21.8 Å². The highest BCUT2D eigenvalue weighted by molar-refractivity contribution is 7.13. The first kappa shape index (κ1) is 16.1. The number of ether oxygens (including phenoxy) is 2. The van der Waals surface area contributed by atoms with Gasteiger partial charge in [-0.05, 0) is 30.5 Å². The lowest BCUT2D eigenvalue weighted by molar-refractivity contribution is 0.0996. The maximum atomic E-state index is 11.5. The summed E-state index contributed by atoms with van der Waals surface area (Å²) >= 11 is 1.55. The van der Waals surface area contributed by atoms with E-state index in [1.807, 2.05) is 24.4 Å². The van der Waals surface area contributed by atoms with Crippen molar-refractivity contribution in [3.63, 3.8) is 0 Å². The summed E-state index contributed by atoms with van der Waals surface area (Å²) in [4.78, 5) is 16.9. The fourth-order valence-electron chi connectivity index (χ4n) is 2.17. The van der Waals surface area contributed by atoms with Gasteiger partial charge in [-0.15, -0.1) is 11.3 Å². The van der Waals surface area contributed by atoms with E-state index < -0.39 is 5.91 Å². The van der Waals surface area contributed by atoms with E-state index in [1.54, 1.807) is 29.5 Å². The normalized spacial score (nSPS) is 10.6. The van der Waals surface area contributed by atoms with Crippen molar-refractivity contribution in [1.29, 1.82) is 0 Å². The van der Waals surface area contributed by atoms with Crippen LogP contribution in [-0.4, -0.2) is 18.0 Å². The number of carbonyl (C=O) groups excluding carboxylic acids is 1. The number of thiophene rings is 1. The predicted octanol–water partition coefficient (Wildman–Crippen LogP) is 3.40. The highest BCUT2D eigenvalue weighted by atomic mass is 32.1. The molecule has 0 aliphatic rings. The van der Waals surface area contributed by atoms with Gasteiger partial charge in [-0.1, -0.05) is 6.07 Å². The number of carbonyl (C=O) groups is 1. The van der Waals surface area contributed by atoms with Crippen LogP contribution in [0.3, 0.4) is 0 Å². The van der Waals surface area contributed by atoms with Crippen molar-refractivity contribution in [3.05, 3.63) is 52.7 Å². The molecule has 2 N–H and O–H groups in total. The van der Waals surface area contributed by atoms with E-state index in [0.29, 0.717) is 28.8 Å². The molecule has 2 heterocycles. The second-order valence-electron chi connectivity index (χ2n) is 5.01. The number of hydrogen-bond acceptors (Lipinski definition) is 6. The van der Waals surface area contributed by atoms with E-state index in [-0.39, 0.29) is 12.2 Å². The number of hydrogen-bond donors (Lipinski definition) is 1. The average Bonchev–Trinajstić information content (AvgIpc) is 3.22. The molecule has 2 aromatic heterocycles. The van der Waals surface area contributed by atoms with Gasteiger partial charge in [0.05, 0.1) is 17.6 Å². The van der Waals surface area contributed by atoms with Crippen LogP contribution in [-0.2, 0) is 6.61 Å². The highest BCUT2D eigenvalue weighted by Crippen LogP contribution is 2.28. The molecule has 124 valence electrons. The molecule has 0 aliphatic carbocycles. The molecule has 1 amide bonds. The summed E-state index contributed by atoms with van der Waals surface area (Å²) in [5, 5.41) is 1.96. The molecule has 0 radical (unpaired) electrons. The van der Waals surface area contributed by atoms with E-state index >= 15 is 0 Å². The molecule has 24 heavy (non-hydrogen) atoms. The van der Waals surface area contributed by atoms with E-state index in [0.717, 1.165) is 4.88 Å². The molecule has 0 spiro atoms. The van der Waals surface area contributed by atoms with Crippen LogP contribution in [0.5, 0.6) is 11.5 Å². The van der Waals surface area contributed by atoms with Gasteiger partial charge in [0.2, 0.25) is 5.89 Å². The molecule has 0 aliphatic heterocycles. The maximum absolute atomic E-state index is 11.5. The standard InChI is InChI=1S/C17H16N2O4S/c1-10-13(19-17(23-10)15-4-3-7-24-15)9-22-14-8-11(21-2)5-6-12(14)16(18)20/h3-8H,9H2,1-2H3,(H2,18,20). The molecule has 6 nitrogen and oxygen atoms in total. The Morgan fingerprint density at radius 3 is 2.88 bits per heavy atom. The van der Waals surface area contributed by atoms with Crippen molar-refractivity contribution in [1.82, 2.24) is 4.98 Å². The second kappa shape index (κ2) is 6.76. The monoisotopic (exact) mass is 344 g/mol. The Balaban J connectivity index is 1.82. The van der Waals surface area contributed by atoms with Gasteiger partial charge in [0.15, 0.2) is 0 Å². The molecule has 0 fully saturated rings. The lowest BCUT2D eigenvalue weighted by atomic mass is 10.2. The van der Waals surface area contributed by atoms with Gasteiger partial charge in [0.25, 0.3) is 5.91 Å². The average molecular weight is 344 g/mol. The van der Waals surface area contributed by atoms with Crippen LogP contribution in [0, 0.1) is 6.92 Å². The zero-order valence-electron chi connectivity index (χ0n) is 13.2. The van der Waals surface area contributed by atoms with Crippen LogP contribution in [0.2, 0.25) is 0 Å². The lowest BCUT2D eigenvalue weighted by Gasteiger charge is -2.10. The summed E-state index contributed by atoms with van der Waals surface area (Å²) < 4.78 is 16.6. The molecule has 0 saturated carbocycles. The van der Waals surface area contributed by atoms with Gasteiger partial charge in [0.1, 0.15) is 29.6 Å². The molecular weight excluding hydrogens is 328 g/mol. The number of aromatic nitrogens is 1. The predicted molar refractivity (Wildman–Crippen MR) is 90.4 cm³/mol. The number of rotatable bonds is 6. The van der Waals surface area contributed by atoms with Gasteiger partial charge in [-0.25, -0.2) is 4.98 Å². The lowest BCUT2D eigenvalue weighted by Crippen LogP contribution is -2.13. The number of methoxy groups -OCH3 is 1. The van der Waals surface area contributed by atoms with Crippen molar-refractivity contribution in [2.75, 3.05) is 7.11 Å². The van der Waals surface area contributed by atoms with Gasteiger partial charge in [0, 0.05) is 6.07 Å². The highest BCUT2D eigenvalue weighted by Gasteiger charge is 2.15. The van der Waals surface area contributed by atoms with E-state index in [4.69, 9.17) is 19.6 Å². The van der Waals surface area contributed by atoms with Crippen molar-refractivity contribution >= 4 is 17.2 Å². The second-order valence-corrected chi connectivity index (χ2v) is 5.96. The van der Waals surface area contributed by atoms with Gasteiger partial charge < -0.3 is 19.6 Å². The number of aryl methyl sites for hydroxylation is 1. The topological polar surface area (TPSA) is 87.6 Å². The Morgan fingerprint density at radius 2 is 2.21 bits per heavy atom. The molecule has 0 saturated heterocycles. The third kappa shape index (κ3) is 3.26. The third-order valence-electron chi connectivity index (χ3n) is 3.44. The summed E-state index contributed by atoms with van der Waals surface area (Å²) in [6.07, 6.45) is 0. The van der Waals surface area contributed by atoms with Gasteiger partial charge in [-0.3, -0.25) is 4.79 Å². The Hall–Kier alpha value is -2.80. The smallest absolute Gasteiger partial charge is 0.252 e. The SMILES string of the molecule is COc1ccc(C(N)=O)c(OCc2nc(-c3cccs3)oc2C)c1. The van der Waals surface area contributed by atoms with Crippen LogP contribution in [0.4, 0.5) is 0 Å². The van der Waals surface area contributed by atoms with Crippen molar-refractivity contribution < 1.29 is 18.7 Å². The quantitative estimate of drug-likeness (QED) is 0.740. The fourth-order valence-corrected chi connectivity index (χ4v) is 2.82. The Morgan fingerprint density at radius 1 is 1.38 bits per heavy atom. The zero-order chi connectivity index (χ0) is 17.1. The minimum absolute atomic E-state index is 0.161. The summed E-state index contributed by atoms with van der Waals surface area (Å²) in [5.41, 5.74) is 6.33. The number of nitrogens with zero attached hydrogens (tertiary/aromatic N) is 1. The van der Waals surface area contributed by atoms with Crippen molar-refractivity contribution in [3.8, 4) is 22.3 Å². The van der Waals surface area contributed by atoms with Crippen LogP contribution >= 0.6 is 11.3 Å². The fraction of sp³-hybridized carbons (Fsp3) is 0.176. The summed E-state index contributed by atoms with van der Waals surface area (Å²) in [5.74, 6) is 1.58. The molecule has 1 aromatic carbocycles. The van der Waals surface area contributed by atoms with E-state index in [2.05, 4.69) is 4.98 Å².